The van der Waals surface area contributed by atoms with Crippen molar-refractivity contribution in [2.75, 3.05) is 0 Å². The summed E-state index contributed by atoms with van der Waals surface area (Å²) in [5.41, 5.74) is 1.81. The lowest BCUT2D eigenvalue weighted by molar-refractivity contribution is -0.141. The lowest BCUT2D eigenvalue weighted by Gasteiger charge is -2.13. The van der Waals surface area contributed by atoms with Gasteiger partial charge in [-0.2, -0.15) is 5.10 Å². The molecular formula is C14H14Cl2N2O2. The number of carboxylic acids is 1. The highest BCUT2D eigenvalue weighted by atomic mass is 35.5. The van der Waals surface area contributed by atoms with Crippen molar-refractivity contribution >= 4 is 29.2 Å². The van der Waals surface area contributed by atoms with Crippen LogP contribution in [0.3, 0.4) is 0 Å². The summed E-state index contributed by atoms with van der Waals surface area (Å²) in [7, 11) is 0. The minimum atomic E-state index is -0.904. The number of benzene rings is 1. The second-order valence-electron chi connectivity index (χ2n) is 4.63. The van der Waals surface area contributed by atoms with Crippen LogP contribution < -0.4 is 0 Å². The molecule has 0 saturated carbocycles. The highest BCUT2D eigenvalue weighted by Gasteiger charge is 2.20. The molecule has 0 spiro atoms. The molecule has 106 valence electrons. The third-order valence-corrected chi connectivity index (χ3v) is 3.62. The molecule has 0 aliphatic rings. The van der Waals surface area contributed by atoms with Crippen LogP contribution in [-0.4, -0.2) is 20.9 Å². The normalized spacial score (nSPS) is 12.3. The van der Waals surface area contributed by atoms with Crippen LogP contribution in [0.1, 0.15) is 23.6 Å². The fraction of sp³-hybridized carbons (Fsp3) is 0.286. The van der Waals surface area contributed by atoms with Gasteiger partial charge in [0.05, 0.1) is 6.20 Å². The molecule has 1 unspecified atom stereocenters. The van der Waals surface area contributed by atoms with Gasteiger partial charge in [0.25, 0.3) is 0 Å². The Hall–Kier alpha value is -1.52. The number of nitrogens with zero attached hydrogens (tertiary/aromatic N) is 2. The Morgan fingerprint density at radius 2 is 2.20 bits per heavy atom. The minimum Gasteiger partial charge on any atom is -0.480 e. The van der Waals surface area contributed by atoms with Crippen molar-refractivity contribution in [2.24, 2.45) is 0 Å². The molecule has 0 amide bonds. The topological polar surface area (TPSA) is 55.1 Å². The Labute approximate surface area is 126 Å². The van der Waals surface area contributed by atoms with E-state index in [1.54, 1.807) is 24.5 Å². The van der Waals surface area contributed by atoms with Crippen molar-refractivity contribution in [3.63, 3.8) is 0 Å². The predicted molar refractivity (Wildman–Crippen MR) is 78.4 cm³/mol. The predicted octanol–water partition coefficient (Wildman–Crippen LogP) is 3.76. The van der Waals surface area contributed by atoms with Gasteiger partial charge in [0, 0.05) is 16.2 Å². The first-order valence-electron chi connectivity index (χ1n) is 6.15. The van der Waals surface area contributed by atoms with E-state index in [1.165, 1.54) is 4.68 Å². The summed E-state index contributed by atoms with van der Waals surface area (Å²) >= 11 is 11.9. The lowest BCUT2D eigenvalue weighted by atomic mass is 10.1. The van der Waals surface area contributed by atoms with Crippen LogP contribution in [0.2, 0.25) is 10.0 Å². The third kappa shape index (κ3) is 3.52. The first kappa shape index (κ1) is 14.9. The van der Waals surface area contributed by atoms with Gasteiger partial charge >= 0.3 is 5.97 Å². The Morgan fingerprint density at radius 3 is 2.75 bits per heavy atom. The molecule has 4 nitrogen and oxygen atoms in total. The lowest BCUT2D eigenvalue weighted by Crippen LogP contribution is -2.20. The van der Waals surface area contributed by atoms with E-state index in [0.29, 0.717) is 22.9 Å². The number of halogens is 2. The summed E-state index contributed by atoms with van der Waals surface area (Å²) in [6.45, 7) is 1.87. The molecular weight excluding hydrogens is 299 g/mol. The van der Waals surface area contributed by atoms with Crippen LogP contribution in [-0.2, 0) is 11.2 Å². The fourth-order valence-electron chi connectivity index (χ4n) is 1.99. The first-order valence-corrected chi connectivity index (χ1v) is 6.90. The van der Waals surface area contributed by atoms with Gasteiger partial charge in [0.2, 0.25) is 0 Å². The van der Waals surface area contributed by atoms with Crippen LogP contribution in [0.25, 0.3) is 0 Å². The van der Waals surface area contributed by atoms with Crippen molar-refractivity contribution in [3.05, 3.63) is 51.8 Å². The average Bonchev–Trinajstić information content (AvgIpc) is 2.78. The Kier molecular flexibility index (Phi) is 4.68. The highest BCUT2D eigenvalue weighted by Crippen LogP contribution is 2.24. The van der Waals surface area contributed by atoms with Crippen LogP contribution in [0.4, 0.5) is 0 Å². The molecule has 0 aliphatic heterocycles. The number of aromatic nitrogens is 2. The van der Waals surface area contributed by atoms with Crippen molar-refractivity contribution in [1.29, 1.82) is 0 Å². The molecule has 1 heterocycles. The highest BCUT2D eigenvalue weighted by molar-refractivity contribution is 6.35. The number of aryl methyl sites for hydroxylation is 2. The smallest absolute Gasteiger partial charge is 0.328 e. The molecule has 0 saturated heterocycles. The molecule has 20 heavy (non-hydrogen) atoms. The fourth-order valence-corrected chi connectivity index (χ4v) is 2.49. The zero-order valence-corrected chi connectivity index (χ0v) is 12.4. The summed E-state index contributed by atoms with van der Waals surface area (Å²) in [6, 6.07) is 4.52. The van der Waals surface area contributed by atoms with E-state index in [-0.39, 0.29) is 0 Å². The van der Waals surface area contributed by atoms with Crippen molar-refractivity contribution < 1.29 is 9.90 Å². The van der Waals surface area contributed by atoms with E-state index in [0.717, 1.165) is 11.1 Å². The molecule has 0 fully saturated rings. The van der Waals surface area contributed by atoms with E-state index in [4.69, 9.17) is 23.2 Å². The van der Waals surface area contributed by atoms with Crippen LogP contribution in [0, 0.1) is 6.92 Å². The summed E-state index contributed by atoms with van der Waals surface area (Å²) in [5.74, 6) is -0.904. The molecule has 1 N–H and O–H groups in total. The second-order valence-corrected chi connectivity index (χ2v) is 5.47. The maximum atomic E-state index is 11.4. The van der Waals surface area contributed by atoms with Gasteiger partial charge in [-0.05, 0) is 43.0 Å². The summed E-state index contributed by atoms with van der Waals surface area (Å²) in [6.07, 6.45) is 4.33. The number of hydrogen-bond donors (Lipinski definition) is 1. The van der Waals surface area contributed by atoms with E-state index in [9.17, 15) is 9.90 Å². The number of aliphatic carboxylic acids is 1. The Morgan fingerprint density at radius 1 is 1.45 bits per heavy atom. The largest absolute Gasteiger partial charge is 0.480 e. The van der Waals surface area contributed by atoms with Gasteiger partial charge < -0.3 is 5.11 Å². The third-order valence-electron chi connectivity index (χ3n) is 3.04. The van der Waals surface area contributed by atoms with Gasteiger partial charge in [-0.25, -0.2) is 4.79 Å². The number of carbonyl (C=O) groups is 1. The van der Waals surface area contributed by atoms with Crippen LogP contribution in [0.15, 0.2) is 30.6 Å². The molecule has 0 aliphatic carbocycles. The van der Waals surface area contributed by atoms with E-state index in [1.807, 2.05) is 13.0 Å². The van der Waals surface area contributed by atoms with E-state index >= 15 is 0 Å². The minimum absolute atomic E-state index is 0.414. The molecule has 6 heteroatoms. The SMILES string of the molecule is Cc1cnn(C(CCc2ccc(Cl)cc2Cl)C(=O)O)c1. The first-order chi connectivity index (χ1) is 9.47. The standard InChI is InChI=1S/C14H14Cl2N2O2/c1-9-7-17-18(8-9)13(14(19)20)5-3-10-2-4-11(15)6-12(10)16/h2,4,6-8,13H,3,5H2,1H3,(H,19,20). The summed E-state index contributed by atoms with van der Waals surface area (Å²) in [4.78, 5) is 11.4. The maximum absolute atomic E-state index is 11.4. The van der Waals surface area contributed by atoms with Crippen molar-refractivity contribution in [2.45, 2.75) is 25.8 Å². The Bertz CT molecular complexity index is 625. The molecule has 1 aromatic heterocycles. The molecule has 1 atom stereocenters. The number of rotatable bonds is 5. The van der Waals surface area contributed by atoms with Gasteiger partial charge in [0.1, 0.15) is 6.04 Å². The monoisotopic (exact) mass is 312 g/mol. The van der Waals surface area contributed by atoms with E-state index in [2.05, 4.69) is 5.10 Å². The molecule has 2 rings (SSSR count). The van der Waals surface area contributed by atoms with Gasteiger partial charge in [0.15, 0.2) is 0 Å². The average molecular weight is 313 g/mol. The van der Waals surface area contributed by atoms with Crippen LogP contribution >= 0.6 is 23.2 Å². The van der Waals surface area contributed by atoms with Crippen LogP contribution in [0.5, 0.6) is 0 Å². The zero-order chi connectivity index (χ0) is 14.7. The molecule has 2 aromatic rings. The maximum Gasteiger partial charge on any atom is 0.328 e. The zero-order valence-electron chi connectivity index (χ0n) is 10.9. The second kappa shape index (κ2) is 6.29. The Balaban J connectivity index is 2.12. The van der Waals surface area contributed by atoms with Gasteiger partial charge in [-0.1, -0.05) is 29.3 Å². The van der Waals surface area contributed by atoms with Gasteiger partial charge in [-0.3, -0.25) is 4.68 Å². The summed E-state index contributed by atoms with van der Waals surface area (Å²) in [5, 5.41) is 14.5. The molecule has 1 aromatic carbocycles. The molecule has 0 radical (unpaired) electrons. The van der Waals surface area contributed by atoms with Crippen molar-refractivity contribution in [1.82, 2.24) is 9.78 Å². The van der Waals surface area contributed by atoms with Gasteiger partial charge in [-0.15, -0.1) is 0 Å². The van der Waals surface area contributed by atoms with Crippen molar-refractivity contribution in [3.8, 4) is 0 Å². The molecule has 0 bridgehead atoms. The quantitative estimate of drug-likeness (QED) is 0.914. The summed E-state index contributed by atoms with van der Waals surface area (Å²) < 4.78 is 1.47. The van der Waals surface area contributed by atoms with E-state index < -0.39 is 12.0 Å². The number of hydrogen-bond acceptors (Lipinski definition) is 2. The number of carboxylic acid groups (broad SMARTS) is 1.